The third-order valence-electron chi connectivity index (χ3n) is 5.19. The Balaban J connectivity index is 1.46. The number of nitrogens with zero attached hydrogens (tertiary/aromatic N) is 2. The molecule has 3 aromatic rings. The zero-order valence-electron chi connectivity index (χ0n) is 15.7. The summed E-state index contributed by atoms with van der Waals surface area (Å²) in [6.07, 6.45) is 4.52. The summed E-state index contributed by atoms with van der Waals surface area (Å²) in [6.45, 7) is 0.782. The van der Waals surface area contributed by atoms with E-state index in [0.29, 0.717) is 48.4 Å². The fourth-order valence-electron chi connectivity index (χ4n) is 3.47. The molecule has 1 aliphatic heterocycles. The minimum absolute atomic E-state index is 0.216. The third kappa shape index (κ3) is 3.33. The first kappa shape index (κ1) is 18.1. The summed E-state index contributed by atoms with van der Waals surface area (Å²) in [7, 11) is -3.74. The van der Waals surface area contributed by atoms with Crippen LogP contribution >= 0.6 is 0 Å². The minimum atomic E-state index is -3.74. The average molecular weight is 411 g/mol. The van der Waals surface area contributed by atoms with Crippen LogP contribution in [0.25, 0.3) is 11.3 Å². The van der Waals surface area contributed by atoms with Gasteiger partial charge in [0.2, 0.25) is 0 Å². The van der Waals surface area contributed by atoms with Crippen LogP contribution in [-0.2, 0) is 10.0 Å². The summed E-state index contributed by atoms with van der Waals surface area (Å²) in [5.41, 5.74) is 7.67. The van der Waals surface area contributed by atoms with Crippen LogP contribution in [0.5, 0.6) is 5.75 Å². The number of anilines is 2. The number of hydrogen-bond acceptors (Lipinski definition) is 6. The highest BCUT2D eigenvalue weighted by molar-refractivity contribution is 7.92. The fourth-order valence-corrected chi connectivity index (χ4v) is 4.99. The molecule has 8 heteroatoms. The second kappa shape index (κ2) is 6.81. The van der Waals surface area contributed by atoms with E-state index in [4.69, 9.17) is 14.9 Å². The molecule has 2 N–H and O–H groups in total. The normalized spacial score (nSPS) is 16.8. The smallest absolute Gasteiger partial charge is 0.264 e. The van der Waals surface area contributed by atoms with Gasteiger partial charge in [-0.25, -0.2) is 13.4 Å². The zero-order valence-corrected chi connectivity index (χ0v) is 16.6. The predicted molar refractivity (Wildman–Crippen MR) is 109 cm³/mol. The number of aromatic nitrogens is 1. The third-order valence-corrected chi connectivity index (χ3v) is 7.02. The van der Waals surface area contributed by atoms with Gasteiger partial charge in [-0.15, -0.1) is 0 Å². The van der Waals surface area contributed by atoms with Crippen LogP contribution in [0.2, 0.25) is 0 Å². The summed E-state index contributed by atoms with van der Waals surface area (Å²) in [4.78, 5) is 4.54. The molecule has 29 heavy (non-hydrogen) atoms. The van der Waals surface area contributed by atoms with Crippen molar-refractivity contribution in [2.45, 2.75) is 30.1 Å². The van der Waals surface area contributed by atoms with E-state index in [-0.39, 0.29) is 4.90 Å². The zero-order chi connectivity index (χ0) is 20.0. The van der Waals surface area contributed by atoms with Crippen molar-refractivity contribution in [3.8, 4) is 17.1 Å². The molecule has 0 atom stereocenters. The van der Waals surface area contributed by atoms with Gasteiger partial charge in [-0.1, -0.05) is 0 Å². The van der Waals surface area contributed by atoms with Gasteiger partial charge in [0.05, 0.1) is 23.4 Å². The lowest BCUT2D eigenvalue weighted by molar-refractivity contribution is 0.323. The van der Waals surface area contributed by atoms with Gasteiger partial charge in [-0.2, -0.15) is 0 Å². The Morgan fingerprint density at radius 1 is 1.10 bits per heavy atom. The number of ether oxygens (including phenoxy) is 1. The van der Waals surface area contributed by atoms with Gasteiger partial charge in [-0.3, -0.25) is 4.31 Å². The van der Waals surface area contributed by atoms with E-state index in [1.807, 2.05) is 0 Å². The van der Waals surface area contributed by atoms with Gasteiger partial charge in [0.25, 0.3) is 10.0 Å². The predicted octanol–water partition coefficient (Wildman–Crippen LogP) is 3.78. The molecule has 7 nitrogen and oxygen atoms in total. The molecule has 1 saturated carbocycles. The molecule has 5 rings (SSSR count). The Hall–Kier alpha value is -3.00. The lowest BCUT2D eigenvalue weighted by Crippen LogP contribution is -2.31. The van der Waals surface area contributed by atoms with E-state index < -0.39 is 10.0 Å². The summed E-state index contributed by atoms with van der Waals surface area (Å²) in [5, 5.41) is 0. The minimum Gasteiger partial charge on any atom is -0.491 e. The monoisotopic (exact) mass is 411 g/mol. The van der Waals surface area contributed by atoms with Crippen molar-refractivity contribution in [1.29, 1.82) is 0 Å². The Kier molecular flexibility index (Phi) is 4.24. The van der Waals surface area contributed by atoms with Crippen molar-refractivity contribution >= 4 is 21.4 Å². The first-order valence-electron chi connectivity index (χ1n) is 9.63. The highest BCUT2D eigenvalue weighted by atomic mass is 32.2. The molecule has 150 valence electrons. The molecule has 0 amide bonds. The molecule has 1 aliphatic carbocycles. The standard InChI is InChI=1S/C21H21N3O4S/c22-16-6-9-18-19(12-16)27-11-1-10-24(18)29(25,26)17-7-4-14(5-8-17)20-13-23-21(28-20)15-2-3-15/h4-9,12-13,15H,1-3,10-11,22H2. The van der Waals surface area contributed by atoms with Crippen LogP contribution in [0.4, 0.5) is 11.4 Å². The van der Waals surface area contributed by atoms with Crippen molar-refractivity contribution in [3.63, 3.8) is 0 Å². The van der Waals surface area contributed by atoms with Crippen molar-refractivity contribution in [3.05, 3.63) is 54.6 Å². The van der Waals surface area contributed by atoms with E-state index >= 15 is 0 Å². The number of hydrogen-bond donors (Lipinski definition) is 1. The van der Waals surface area contributed by atoms with Gasteiger partial charge in [0, 0.05) is 36.2 Å². The van der Waals surface area contributed by atoms with E-state index in [2.05, 4.69) is 4.98 Å². The van der Waals surface area contributed by atoms with Crippen molar-refractivity contribution in [2.75, 3.05) is 23.2 Å². The number of fused-ring (bicyclic) bond motifs is 1. The van der Waals surface area contributed by atoms with Crippen molar-refractivity contribution in [1.82, 2.24) is 4.98 Å². The number of nitrogens with two attached hydrogens (primary N) is 1. The lowest BCUT2D eigenvalue weighted by Gasteiger charge is -2.23. The molecule has 2 heterocycles. The second-order valence-corrected chi connectivity index (χ2v) is 9.23. The molecule has 2 aliphatic rings. The number of benzene rings is 2. The van der Waals surface area contributed by atoms with Crippen LogP contribution in [0.3, 0.4) is 0 Å². The van der Waals surface area contributed by atoms with Crippen LogP contribution in [-0.4, -0.2) is 26.6 Å². The Morgan fingerprint density at radius 2 is 1.90 bits per heavy atom. The summed E-state index contributed by atoms with van der Waals surface area (Å²) in [6, 6.07) is 11.7. The van der Waals surface area contributed by atoms with Crippen LogP contribution in [0, 0.1) is 0 Å². The first-order chi connectivity index (χ1) is 14.0. The largest absolute Gasteiger partial charge is 0.491 e. The maximum atomic E-state index is 13.3. The van der Waals surface area contributed by atoms with Gasteiger partial charge < -0.3 is 14.9 Å². The van der Waals surface area contributed by atoms with E-state index in [0.717, 1.165) is 24.3 Å². The Labute approximate surface area is 169 Å². The SMILES string of the molecule is Nc1ccc2c(c1)OCCCN2S(=O)(=O)c1ccc(-c2cnc(C3CC3)o2)cc1. The van der Waals surface area contributed by atoms with Crippen LogP contribution < -0.4 is 14.8 Å². The highest BCUT2D eigenvalue weighted by Crippen LogP contribution is 2.41. The van der Waals surface area contributed by atoms with Crippen LogP contribution in [0.15, 0.2) is 58.0 Å². The Bertz CT molecular complexity index is 1150. The van der Waals surface area contributed by atoms with E-state index in [1.54, 1.807) is 48.7 Å². The van der Waals surface area contributed by atoms with E-state index in [9.17, 15) is 8.42 Å². The summed E-state index contributed by atoms with van der Waals surface area (Å²) < 4.78 is 39.6. The molecule has 0 radical (unpaired) electrons. The molecular weight excluding hydrogens is 390 g/mol. The van der Waals surface area contributed by atoms with Gasteiger partial charge >= 0.3 is 0 Å². The molecule has 1 aromatic heterocycles. The lowest BCUT2D eigenvalue weighted by atomic mass is 10.2. The van der Waals surface area contributed by atoms with E-state index in [1.165, 1.54) is 4.31 Å². The van der Waals surface area contributed by atoms with Crippen molar-refractivity contribution < 1.29 is 17.6 Å². The maximum absolute atomic E-state index is 13.3. The molecular formula is C21H21N3O4S. The van der Waals surface area contributed by atoms with Gasteiger partial charge in [-0.05, 0) is 49.2 Å². The average Bonchev–Trinajstić information content (AvgIpc) is 3.49. The second-order valence-electron chi connectivity index (χ2n) is 7.37. The molecule has 0 unspecified atom stereocenters. The van der Waals surface area contributed by atoms with Gasteiger partial charge in [0.15, 0.2) is 11.7 Å². The molecule has 0 saturated heterocycles. The number of sulfonamides is 1. The molecule has 2 aromatic carbocycles. The first-order valence-corrected chi connectivity index (χ1v) is 11.1. The fraction of sp³-hybridized carbons (Fsp3) is 0.286. The topological polar surface area (TPSA) is 98.7 Å². The number of nitrogen functional groups attached to an aromatic ring is 1. The molecule has 0 bridgehead atoms. The maximum Gasteiger partial charge on any atom is 0.264 e. The Morgan fingerprint density at radius 3 is 2.66 bits per heavy atom. The number of rotatable bonds is 4. The number of oxazole rings is 1. The van der Waals surface area contributed by atoms with Crippen LogP contribution in [0.1, 0.15) is 31.1 Å². The quantitative estimate of drug-likeness (QED) is 0.656. The molecule has 1 fully saturated rings. The van der Waals surface area contributed by atoms with Crippen molar-refractivity contribution in [2.24, 2.45) is 0 Å². The summed E-state index contributed by atoms with van der Waals surface area (Å²) >= 11 is 0. The summed E-state index contributed by atoms with van der Waals surface area (Å²) in [5.74, 6) is 2.33. The highest BCUT2D eigenvalue weighted by Gasteiger charge is 2.30. The molecule has 0 spiro atoms. The van der Waals surface area contributed by atoms with Gasteiger partial charge in [0.1, 0.15) is 5.75 Å².